The molecular formula is C13H11N3O3. The summed E-state index contributed by atoms with van der Waals surface area (Å²) in [6, 6.07) is 7.29. The van der Waals surface area contributed by atoms with Gasteiger partial charge in [0.25, 0.3) is 0 Å². The first-order valence-electron chi connectivity index (χ1n) is 5.76. The Morgan fingerprint density at radius 3 is 2.89 bits per heavy atom. The van der Waals surface area contributed by atoms with Crippen LogP contribution in [-0.4, -0.2) is 25.7 Å². The van der Waals surface area contributed by atoms with E-state index in [0.29, 0.717) is 22.8 Å². The molecule has 19 heavy (non-hydrogen) atoms. The van der Waals surface area contributed by atoms with Crippen LogP contribution < -0.4 is 0 Å². The van der Waals surface area contributed by atoms with Gasteiger partial charge in [0.2, 0.25) is 0 Å². The lowest BCUT2D eigenvalue weighted by atomic mass is 10.3. The highest BCUT2D eigenvalue weighted by Gasteiger charge is 2.09. The quantitative estimate of drug-likeness (QED) is 0.775. The van der Waals surface area contributed by atoms with Crippen molar-refractivity contribution in [1.29, 1.82) is 0 Å². The SMILES string of the molecule is Cc1ccc(-c2ccc3nc(CC(=O)O)cn3n2)o1. The fourth-order valence-electron chi connectivity index (χ4n) is 1.87. The van der Waals surface area contributed by atoms with Crippen molar-refractivity contribution in [2.45, 2.75) is 13.3 Å². The van der Waals surface area contributed by atoms with E-state index in [4.69, 9.17) is 9.52 Å². The summed E-state index contributed by atoms with van der Waals surface area (Å²) in [5.41, 5.74) is 1.77. The molecule has 1 N–H and O–H groups in total. The van der Waals surface area contributed by atoms with E-state index in [0.717, 1.165) is 5.76 Å². The first kappa shape index (κ1) is 11.5. The average molecular weight is 257 g/mol. The molecule has 0 atom stereocenters. The summed E-state index contributed by atoms with van der Waals surface area (Å²) in [5, 5.41) is 13.1. The molecule has 0 spiro atoms. The summed E-state index contributed by atoms with van der Waals surface area (Å²) in [6.45, 7) is 1.87. The van der Waals surface area contributed by atoms with Gasteiger partial charge in [-0.15, -0.1) is 0 Å². The number of carboxylic acids is 1. The van der Waals surface area contributed by atoms with Crippen LogP contribution in [0, 0.1) is 6.92 Å². The van der Waals surface area contributed by atoms with Crippen molar-refractivity contribution in [1.82, 2.24) is 14.6 Å². The molecule has 3 heterocycles. The van der Waals surface area contributed by atoms with Gasteiger partial charge < -0.3 is 9.52 Å². The minimum atomic E-state index is -0.912. The number of fused-ring (bicyclic) bond motifs is 1. The number of hydrogen-bond acceptors (Lipinski definition) is 4. The van der Waals surface area contributed by atoms with E-state index >= 15 is 0 Å². The van der Waals surface area contributed by atoms with Crippen LogP contribution in [0.25, 0.3) is 17.1 Å². The maximum Gasteiger partial charge on any atom is 0.309 e. The van der Waals surface area contributed by atoms with Gasteiger partial charge in [0.15, 0.2) is 11.4 Å². The van der Waals surface area contributed by atoms with E-state index in [1.165, 1.54) is 0 Å². The zero-order valence-electron chi connectivity index (χ0n) is 10.2. The lowest BCUT2D eigenvalue weighted by Gasteiger charge is -1.97. The summed E-state index contributed by atoms with van der Waals surface area (Å²) >= 11 is 0. The standard InChI is InChI=1S/C13H11N3O3/c1-8-2-4-11(19-8)10-3-5-12-14-9(6-13(17)18)7-16(12)15-10/h2-5,7H,6H2,1H3,(H,17,18). The Kier molecular flexibility index (Phi) is 2.56. The van der Waals surface area contributed by atoms with E-state index in [1.54, 1.807) is 22.8 Å². The van der Waals surface area contributed by atoms with Crippen molar-refractivity contribution >= 4 is 11.6 Å². The molecule has 0 aliphatic carbocycles. The van der Waals surface area contributed by atoms with Gasteiger partial charge in [-0.1, -0.05) is 0 Å². The third-order valence-corrected chi connectivity index (χ3v) is 2.70. The van der Waals surface area contributed by atoms with Gasteiger partial charge in [-0.25, -0.2) is 9.50 Å². The van der Waals surface area contributed by atoms with E-state index in [2.05, 4.69) is 10.1 Å². The predicted octanol–water partition coefficient (Wildman–Crippen LogP) is 1.92. The second kappa shape index (κ2) is 4.24. The van der Waals surface area contributed by atoms with Gasteiger partial charge in [-0.2, -0.15) is 5.10 Å². The van der Waals surface area contributed by atoms with Gasteiger partial charge in [-0.3, -0.25) is 4.79 Å². The molecule has 3 aromatic heterocycles. The number of hydrogen-bond donors (Lipinski definition) is 1. The molecule has 96 valence electrons. The summed E-state index contributed by atoms with van der Waals surface area (Å²) in [7, 11) is 0. The zero-order valence-corrected chi connectivity index (χ0v) is 10.2. The number of rotatable bonds is 3. The molecule has 0 amide bonds. The molecule has 0 fully saturated rings. The van der Waals surface area contributed by atoms with Crippen molar-refractivity contribution in [2.24, 2.45) is 0 Å². The normalized spacial score (nSPS) is 11.0. The van der Waals surface area contributed by atoms with E-state index in [-0.39, 0.29) is 6.42 Å². The van der Waals surface area contributed by atoms with Crippen molar-refractivity contribution in [3.63, 3.8) is 0 Å². The second-order valence-electron chi connectivity index (χ2n) is 4.23. The third kappa shape index (κ3) is 2.20. The Labute approximate surface area is 108 Å². The van der Waals surface area contributed by atoms with Gasteiger partial charge in [-0.05, 0) is 31.2 Å². The number of imidazole rings is 1. The molecule has 0 saturated carbocycles. The van der Waals surface area contributed by atoms with Crippen LogP contribution in [0.5, 0.6) is 0 Å². The molecule has 3 rings (SSSR count). The minimum absolute atomic E-state index is 0.113. The smallest absolute Gasteiger partial charge is 0.309 e. The maximum atomic E-state index is 10.7. The minimum Gasteiger partial charge on any atom is -0.481 e. The largest absolute Gasteiger partial charge is 0.481 e. The molecule has 3 aromatic rings. The zero-order chi connectivity index (χ0) is 13.4. The predicted molar refractivity (Wildman–Crippen MR) is 66.8 cm³/mol. The average Bonchev–Trinajstić information content (AvgIpc) is 2.92. The Hall–Kier alpha value is -2.63. The summed E-state index contributed by atoms with van der Waals surface area (Å²) in [4.78, 5) is 14.8. The Balaban J connectivity index is 2.03. The molecule has 6 heteroatoms. The molecule has 0 radical (unpaired) electrons. The highest BCUT2D eigenvalue weighted by atomic mass is 16.4. The lowest BCUT2D eigenvalue weighted by molar-refractivity contribution is -0.136. The molecule has 0 unspecified atom stereocenters. The number of aryl methyl sites for hydroxylation is 1. The van der Waals surface area contributed by atoms with E-state index in [9.17, 15) is 4.79 Å². The van der Waals surface area contributed by atoms with Crippen LogP contribution in [0.1, 0.15) is 11.5 Å². The van der Waals surface area contributed by atoms with Gasteiger partial charge in [0.05, 0.1) is 18.3 Å². The molecule has 0 aromatic carbocycles. The Morgan fingerprint density at radius 2 is 2.21 bits per heavy atom. The highest BCUT2D eigenvalue weighted by Crippen LogP contribution is 2.20. The number of aromatic nitrogens is 3. The van der Waals surface area contributed by atoms with E-state index in [1.807, 2.05) is 19.1 Å². The molecule has 0 saturated heterocycles. The number of aliphatic carboxylic acids is 1. The first-order valence-corrected chi connectivity index (χ1v) is 5.76. The van der Waals surface area contributed by atoms with Crippen molar-refractivity contribution in [3.05, 3.63) is 41.9 Å². The monoisotopic (exact) mass is 257 g/mol. The number of nitrogens with zero attached hydrogens (tertiary/aromatic N) is 3. The molecule has 6 nitrogen and oxygen atoms in total. The lowest BCUT2D eigenvalue weighted by Crippen LogP contribution is -1.99. The summed E-state index contributed by atoms with van der Waals surface area (Å²) in [5.74, 6) is 0.576. The van der Waals surface area contributed by atoms with Crippen LogP contribution in [0.2, 0.25) is 0 Å². The number of furan rings is 1. The molecule has 0 aliphatic heterocycles. The van der Waals surface area contributed by atoms with Crippen molar-refractivity contribution in [2.75, 3.05) is 0 Å². The van der Waals surface area contributed by atoms with Crippen LogP contribution >= 0.6 is 0 Å². The molecular weight excluding hydrogens is 246 g/mol. The van der Waals surface area contributed by atoms with E-state index < -0.39 is 5.97 Å². The maximum absolute atomic E-state index is 10.7. The second-order valence-corrected chi connectivity index (χ2v) is 4.23. The highest BCUT2D eigenvalue weighted by molar-refractivity contribution is 5.69. The molecule has 0 bridgehead atoms. The fourth-order valence-corrected chi connectivity index (χ4v) is 1.87. The number of carbonyl (C=O) groups is 1. The van der Waals surface area contributed by atoms with Gasteiger partial charge >= 0.3 is 5.97 Å². The van der Waals surface area contributed by atoms with Crippen LogP contribution in [-0.2, 0) is 11.2 Å². The Bertz CT molecular complexity index is 757. The van der Waals surface area contributed by atoms with Crippen LogP contribution in [0.3, 0.4) is 0 Å². The fraction of sp³-hybridized carbons (Fsp3) is 0.154. The topological polar surface area (TPSA) is 80.6 Å². The molecule has 0 aliphatic rings. The summed E-state index contributed by atoms with van der Waals surface area (Å²) in [6.07, 6.45) is 1.50. The Morgan fingerprint density at radius 1 is 1.37 bits per heavy atom. The van der Waals surface area contributed by atoms with Crippen LogP contribution in [0.4, 0.5) is 0 Å². The van der Waals surface area contributed by atoms with Crippen molar-refractivity contribution < 1.29 is 14.3 Å². The first-order chi connectivity index (χ1) is 9.11. The summed E-state index contributed by atoms with van der Waals surface area (Å²) < 4.78 is 7.06. The number of carboxylic acid groups (broad SMARTS) is 1. The van der Waals surface area contributed by atoms with Gasteiger partial charge in [0.1, 0.15) is 11.5 Å². The van der Waals surface area contributed by atoms with Crippen molar-refractivity contribution in [3.8, 4) is 11.5 Å². The van der Waals surface area contributed by atoms with Gasteiger partial charge in [0, 0.05) is 0 Å². The van der Waals surface area contributed by atoms with Crippen LogP contribution in [0.15, 0.2) is 34.9 Å². The third-order valence-electron chi connectivity index (χ3n) is 2.70.